The molecule has 0 bridgehead atoms. The average Bonchev–Trinajstić information content (AvgIpc) is 2.31. The minimum atomic E-state index is -0.882. The normalized spacial score (nSPS) is 23.4. The molecule has 0 saturated carbocycles. The minimum absolute atomic E-state index is 0.176. The van der Waals surface area contributed by atoms with Crippen molar-refractivity contribution in [3.63, 3.8) is 0 Å². The molecule has 1 aliphatic heterocycles. The van der Waals surface area contributed by atoms with Gasteiger partial charge in [-0.15, -0.1) is 0 Å². The number of amides is 1. The zero-order chi connectivity index (χ0) is 10.1. The van der Waals surface area contributed by atoms with Gasteiger partial charge in [0.1, 0.15) is 11.8 Å². The molecule has 3 nitrogen and oxygen atoms in total. The van der Waals surface area contributed by atoms with Crippen LogP contribution in [0, 0.1) is 0 Å². The van der Waals surface area contributed by atoms with E-state index in [1.54, 1.807) is 20.8 Å². The van der Waals surface area contributed by atoms with Gasteiger partial charge in [0, 0.05) is 6.54 Å². The third-order valence-electron chi connectivity index (χ3n) is 1.78. The van der Waals surface area contributed by atoms with E-state index in [1.807, 2.05) is 0 Å². The molecule has 0 aliphatic carbocycles. The summed E-state index contributed by atoms with van der Waals surface area (Å²) in [5, 5.41) is 0. The van der Waals surface area contributed by atoms with Gasteiger partial charge in [-0.1, -0.05) is 0 Å². The van der Waals surface area contributed by atoms with E-state index >= 15 is 0 Å². The van der Waals surface area contributed by atoms with Crippen molar-refractivity contribution < 1.29 is 13.9 Å². The zero-order valence-electron chi connectivity index (χ0n) is 8.34. The maximum atomic E-state index is 12.7. The Morgan fingerprint density at radius 3 is 2.54 bits per heavy atom. The van der Waals surface area contributed by atoms with Crippen molar-refractivity contribution >= 4 is 6.09 Å². The molecule has 0 aromatic rings. The summed E-state index contributed by atoms with van der Waals surface area (Å²) in [6, 6.07) is 0. The van der Waals surface area contributed by atoms with E-state index in [1.165, 1.54) is 4.90 Å². The van der Waals surface area contributed by atoms with E-state index < -0.39 is 17.9 Å². The number of halogens is 1. The lowest BCUT2D eigenvalue weighted by atomic mass is 10.2. The van der Waals surface area contributed by atoms with E-state index in [0.29, 0.717) is 13.0 Å². The predicted molar refractivity (Wildman–Crippen MR) is 47.3 cm³/mol. The van der Waals surface area contributed by atoms with Crippen LogP contribution in [0.4, 0.5) is 9.18 Å². The van der Waals surface area contributed by atoms with Crippen LogP contribution in [-0.2, 0) is 4.74 Å². The molecule has 0 N–H and O–H groups in total. The van der Waals surface area contributed by atoms with Crippen LogP contribution in [0.25, 0.3) is 0 Å². The molecule has 13 heavy (non-hydrogen) atoms. The molecule has 0 aromatic carbocycles. The summed E-state index contributed by atoms with van der Waals surface area (Å²) in [4.78, 5) is 12.8. The monoisotopic (exact) mass is 189 g/mol. The van der Waals surface area contributed by atoms with E-state index in [9.17, 15) is 9.18 Å². The number of carbonyl (C=O) groups is 1. The number of hydrogen-bond donors (Lipinski definition) is 0. The molecule has 1 rings (SSSR count). The topological polar surface area (TPSA) is 29.5 Å². The van der Waals surface area contributed by atoms with Gasteiger partial charge in [0.25, 0.3) is 0 Å². The molecule has 1 aliphatic rings. The molecule has 1 amide bonds. The zero-order valence-corrected chi connectivity index (χ0v) is 8.34. The number of hydrogen-bond acceptors (Lipinski definition) is 2. The van der Waals surface area contributed by atoms with Crippen LogP contribution < -0.4 is 0 Å². The van der Waals surface area contributed by atoms with Crippen LogP contribution in [0.5, 0.6) is 0 Å². The van der Waals surface area contributed by atoms with Crippen molar-refractivity contribution in [2.45, 2.75) is 39.0 Å². The molecule has 1 unspecified atom stereocenters. The first-order chi connectivity index (χ1) is 5.88. The Labute approximate surface area is 77.9 Å². The Morgan fingerprint density at radius 1 is 1.54 bits per heavy atom. The van der Waals surface area contributed by atoms with Crippen LogP contribution >= 0.6 is 0 Å². The lowest BCUT2D eigenvalue weighted by Crippen LogP contribution is -2.35. The van der Waals surface area contributed by atoms with Crippen molar-refractivity contribution in [1.29, 1.82) is 0 Å². The lowest BCUT2D eigenvalue weighted by molar-refractivity contribution is 0.0284. The average molecular weight is 189 g/mol. The highest BCUT2D eigenvalue weighted by molar-refractivity contribution is 5.68. The van der Waals surface area contributed by atoms with Crippen molar-refractivity contribution in [3.8, 4) is 0 Å². The molecule has 1 saturated heterocycles. The lowest BCUT2D eigenvalue weighted by Gasteiger charge is -2.23. The standard InChI is InChI=1S/C9H16FNO2/c1-9(2,3)13-8(12)11-5-4-7(10)6-11/h7H,4-6H2,1-3H3. The highest BCUT2D eigenvalue weighted by atomic mass is 19.1. The molecular weight excluding hydrogens is 173 g/mol. The molecular formula is C9H16FNO2. The number of nitrogens with zero attached hydrogens (tertiary/aromatic N) is 1. The predicted octanol–water partition coefficient (Wildman–Crippen LogP) is 1.97. The Hall–Kier alpha value is -0.800. The number of likely N-dealkylation sites (tertiary alicyclic amines) is 1. The Morgan fingerprint density at radius 2 is 2.15 bits per heavy atom. The van der Waals surface area contributed by atoms with Gasteiger partial charge in [0.2, 0.25) is 0 Å². The Balaban J connectivity index is 2.41. The van der Waals surface area contributed by atoms with Gasteiger partial charge in [-0.05, 0) is 27.2 Å². The number of alkyl halides is 1. The number of carbonyl (C=O) groups excluding carboxylic acids is 1. The smallest absolute Gasteiger partial charge is 0.410 e. The van der Waals surface area contributed by atoms with Crippen LogP contribution in [0.2, 0.25) is 0 Å². The summed E-state index contributed by atoms with van der Waals surface area (Å²) in [6.07, 6.45) is -0.862. The van der Waals surface area contributed by atoms with Crippen LogP contribution in [0.3, 0.4) is 0 Å². The summed E-state index contributed by atoms with van der Waals surface area (Å²) < 4.78 is 17.8. The van der Waals surface area contributed by atoms with Crippen molar-refractivity contribution in [2.24, 2.45) is 0 Å². The molecule has 1 atom stereocenters. The Bertz CT molecular complexity index is 200. The Kier molecular flexibility index (Phi) is 2.78. The second kappa shape index (κ2) is 3.52. The summed E-state index contributed by atoms with van der Waals surface area (Å²) in [6.45, 7) is 6.04. The highest BCUT2D eigenvalue weighted by Crippen LogP contribution is 2.16. The number of ether oxygens (including phenoxy) is 1. The van der Waals surface area contributed by atoms with Gasteiger partial charge < -0.3 is 9.64 Å². The maximum Gasteiger partial charge on any atom is 0.410 e. The maximum absolute atomic E-state index is 12.7. The van der Waals surface area contributed by atoms with Gasteiger partial charge in [-0.2, -0.15) is 0 Å². The molecule has 0 radical (unpaired) electrons. The first-order valence-corrected chi connectivity index (χ1v) is 4.50. The molecule has 0 aromatic heterocycles. The summed E-state index contributed by atoms with van der Waals surface area (Å²) >= 11 is 0. The van der Waals surface area contributed by atoms with E-state index in [-0.39, 0.29) is 6.54 Å². The number of rotatable bonds is 0. The van der Waals surface area contributed by atoms with Crippen molar-refractivity contribution in [1.82, 2.24) is 4.90 Å². The SMILES string of the molecule is CC(C)(C)OC(=O)N1CCC(F)C1. The van der Waals surface area contributed by atoms with E-state index in [2.05, 4.69) is 0 Å². The summed E-state index contributed by atoms with van der Waals surface area (Å²) in [5.41, 5.74) is -0.495. The summed E-state index contributed by atoms with van der Waals surface area (Å²) in [5.74, 6) is 0. The fourth-order valence-corrected chi connectivity index (χ4v) is 1.21. The van der Waals surface area contributed by atoms with Crippen LogP contribution in [0.1, 0.15) is 27.2 Å². The van der Waals surface area contributed by atoms with Gasteiger partial charge in [-0.3, -0.25) is 0 Å². The second-order valence-electron chi connectivity index (χ2n) is 4.31. The fourth-order valence-electron chi connectivity index (χ4n) is 1.21. The molecule has 1 fully saturated rings. The molecule has 0 spiro atoms. The highest BCUT2D eigenvalue weighted by Gasteiger charge is 2.29. The summed E-state index contributed by atoms with van der Waals surface area (Å²) in [7, 11) is 0. The van der Waals surface area contributed by atoms with Crippen LogP contribution in [0.15, 0.2) is 0 Å². The first kappa shape index (κ1) is 10.3. The quantitative estimate of drug-likeness (QED) is 0.583. The fraction of sp³-hybridized carbons (Fsp3) is 0.889. The van der Waals surface area contributed by atoms with Crippen molar-refractivity contribution in [3.05, 3.63) is 0 Å². The molecule has 4 heteroatoms. The van der Waals surface area contributed by atoms with Gasteiger partial charge in [-0.25, -0.2) is 9.18 Å². The van der Waals surface area contributed by atoms with E-state index in [4.69, 9.17) is 4.74 Å². The van der Waals surface area contributed by atoms with E-state index in [0.717, 1.165) is 0 Å². The molecule has 76 valence electrons. The first-order valence-electron chi connectivity index (χ1n) is 4.50. The minimum Gasteiger partial charge on any atom is -0.444 e. The van der Waals surface area contributed by atoms with Gasteiger partial charge in [0.15, 0.2) is 0 Å². The second-order valence-corrected chi connectivity index (χ2v) is 4.31. The largest absolute Gasteiger partial charge is 0.444 e. The van der Waals surface area contributed by atoms with Gasteiger partial charge in [0.05, 0.1) is 6.54 Å². The van der Waals surface area contributed by atoms with Crippen LogP contribution in [-0.4, -0.2) is 35.9 Å². The van der Waals surface area contributed by atoms with Gasteiger partial charge >= 0.3 is 6.09 Å². The third kappa shape index (κ3) is 3.20. The third-order valence-corrected chi connectivity index (χ3v) is 1.78. The molecule has 1 heterocycles. The van der Waals surface area contributed by atoms with Crippen molar-refractivity contribution in [2.75, 3.05) is 13.1 Å².